The number of aromatic nitrogens is 2. The molecule has 2 rings (SSSR count). The van der Waals surface area contributed by atoms with Crippen LogP contribution in [0.1, 0.15) is 50.8 Å². The Kier molecular flexibility index (Phi) is 4.63. The minimum absolute atomic E-state index is 0.0346. The molecular weight excluding hydrogens is 238 g/mol. The van der Waals surface area contributed by atoms with Crippen LogP contribution in [-0.2, 0) is 20.0 Å². The highest BCUT2D eigenvalue weighted by Crippen LogP contribution is 2.35. The fourth-order valence-corrected chi connectivity index (χ4v) is 3.10. The molecule has 0 bridgehead atoms. The third kappa shape index (κ3) is 3.37. The lowest BCUT2D eigenvalue weighted by Crippen LogP contribution is -2.43. The van der Waals surface area contributed by atoms with Gasteiger partial charge in [-0.05, 0) is 19.3 Å². The molecule has 0 amide bonds. The molecule has 0 aliphatic heterocycles. The van der Waals surface area contributed by atoms with Gasteiger partial charge in [0.05, 0.1) is 11.8 Å². The van der Waals surface area contributed by atoms with Crippen LogP contribution in [0.4, 0.5) is 0 Å². The van der Waals surface area contributed by atoms with E-state index in [4.69, 9.17) is 0 Å². The van der Waals surface area contributed by atoms with Gasteiger partial charge in [-0.25, -0.2) is 0 Å². The Morgan fingerprint density at radius 3 is 3.00 bits per heavy atom. The van der Waals surface area contributed by atoms with Crippen LogP contribution < -0.4 is 5.32 Å². The van der Waals surface area contributed by atoms with Crippen LogP contribution in [0.15, 0.2) is 6.20 Å². The summed E-state index contributed by atoms with van der Waals surface area (Å²) >= 11 is 0. The molecular formula is C15H27N3O. The molecule has 2 unspecified atom stereocenters. The Labute approximate surface area is 116 Å². The van der Waals surface area contributed by atoms with Crippen LogP contribution in [0.5, 0.6) is 0 Å². The highest BCUT2D eigenvalue weighted by molar-refractivity contribution is 5.16. The van der Waals surface area contributed by atoms with Gasteiger partial charge in [0.25, 0.3) is 0 Å². The molecule has 108 valence electrons. The quantitative estimate of drug-likeness (QED) is 0.856. The van der Waals surface area contributed by atoms with Gasteiger partial charge in [-0.15, -0.1) is 0 Å². The average molecular weight is 265 g/mol. The Hall–Kier alpha value is -0.870. The second-order valence-electron chi connectivity index (χ2n) is 6.15. The number of hydrogen-bond donors (Lipinski definition) is 2. The molecule has 1 aromatic rings. The Morgan fingerprint density at radius 1 is 1.53 bits per heavy atom. The number of nitrogens with zero attached hydrogens (tertiary/aromatic N) is 2. The zero-order chi connectivity index (χ0) is 13.9. The van der Waals surface area contributed by atoms with E-state index in [9.17, 15) is 5.11 Å². The van der Waals surface area contributed by atoms with Crippen molar-refractivity contribution >= 4 is 0 Å². The van der Waals surface area contributed by atoms with E-state index in [2.05, 4.69) is 30.5 Å². The van der Waals surface area contributed by atoms with E-state index < -0.39 is 0 Å². The number of hydrogen-bond acceptors (Lipinski definition) is 3. The highest BCUT2D eigenvalue weighted by atomic mass is 16.3. The minimum atomic E-state index is -0.159. The van der Waals surface area contributed by atoms with Gasteiger partial charge in [-0.2, -0.15) is 5.10 Å². The summed E-state index contributed by atoms with van der Waals surface area (Å²) in [6.07, 6.45) is 7.37. The number of aliphatic hydroxyl groups excluding tert-OH is 1. The summed E-state index contributed by atoms with van der Waals surface area (Å²) in [7, 11) is 1.97. The van der Waals surface area contributed by atoms with Crippen molar-refractivity contribution in [2.75, 3.05) is 6.54 Å². The predicted molar refractivity (Wildman–Crippen MR) is 76.9 cm³/mol. The second kappa shape index (κ2) is 6.06. The molecule has 2 atom stereocenters. The summed E-state index contributed by atoms with van der Waals surface area (Å²) < 4.78 is 1.88. The molecule has 1 aliphatic rings. The second-order valence-corrected chi connectivity index (χ2v) is 6.15. The van der Waals surface area contributed by atoms with Crippen molar-refractivity contribution < 1.29 is 5.11 Å². The van der Waals surface area contributed by atoms with Crippen LogP contribution >= 0.6 is 0 Å². The topological polar surface area (TPSA) is 50.1 Å². The summed E-state index contributed by atoms with van der Waals surface area (Å²) in [5.74, 6) is 0. The van der Waals surface area contributed by atoms with Crippen molar-refractivity contribution in [2.45, 2.75) is 58.6 Å². The number of aryl methyl sites for hydroxylation is 2. The maximum Gasteiger partial charge on any atom is 0.0666 e. The maximum absolute atomic E-state index is 10.2. The van der Waals surface area contributed by atoms with Gasteiger partial charge in [0.1, 0.15) is 0 Å². The van der Waals surface area contributed by atoms with Gasteiger partial charge in [0.15, 0.2) is 0 Å². The van der Waals surface area contributed by atoms with Crippen molar-refractivity contribution in [1.29, 1.82) is 0 Å². The van der Waals surface area contributed by atoms with Gasteiger partial charge < -0.3 is 10.4 Å². The molecule has 0 aromatic carbocycles. The molecule has 2 N–H and O–H groups in total. The first-order chi connectivity index (χ1) is 9.05. The Balaban J connectivity index is 1.88. The van der Waals surface area contributed by atoms with E-state index >= 15 is 0 Å². The lowest BCUT2D eigenvalue weighted by molar-refractivity contribution is 0.00114. The molecule has 4 nitrogen and oxygen atoms in total. The minimum Gasteiger partial charge on any atom is -0.393 e. The molecule has 0 radical (unpaired) electrons. The molecule has 1 aromatic heterocycles. The molecule has 4 heteroatoms. The van der Waals surface area contributed by atoms with Crippen LogP contribution in [-0.4, -0.2) is 27.5 Å². The number of aliphatic hydroxyl groups is 1. The summed E-state index contributed by atoms with van der Waals surface area (Å²) in [5, 5.41) is 18.1. The first kappa shape index (κ1) is 14.5. The molecule has 0 spiro atoms. The molecule has 0 saturated heterocycles. The van der Waals surface area contributed by atoms with Crippen molar-refractivity contribution in [3.8, 4) is 0 Å². The summed E-state index contributed by atoms with van der Waals surface area (Å²) in [6.45, 7) is 6.07. The fraction of sp³-hybridized carbons (Fsp3) is 0.800. The van der Waals surface area contributed by atoms with E-state index in [0.717, 1.165) is 32.4 Å². The lowest BCUT2D eigenvalue weighted by atomic mass is 9.73. The fourth-order valence-electron chi connectivity index (χ4n) is 3.10. The van der Waals surface area contributed by atoms with E-state index in [1.54, 1.807) is 0 Å². The van der Waals surface area contributed by atoms with Crippen molar-refractivity contribution in [3.05, 3.63) is 17.5 Å². The lowest BCUT2D eigenvalue weighted by Gasteiger charge is -2.38. The van der Waals surface area contributed by atoms with Crippen LogP contribution in [0.25, 0.3) is 0 Å². The third-order valence-corrected chi connectivity index (χ3v) is 4.45. The summed E-state index contributed by atoms with van der Waals surface area (Å²) in [4.78, 5) is 0. The Morgan fingerprint density at radius 2 is 2.32 bits per heavy atom. The number of nitrogens with one attached hydrogen (secondary N) is 1. The zero-order valence-electron chi connectivity index (χ0n) is 12.4. The first-order valence-corrected chi connectivity index (χ1v) is 7.45. The SMILES string of the molecule is CCc1nn(C)cc1CNCC1(C)CCCCC1O. The van der Waals surface area contributed by atoms with Gasteiger partial charge in [-0.1, -0.05) is 26.7 Å². The zero-order valence-corrected chi connectivity index (χ0v) is 12.4. The van der Waals surface area contributed by atoms with Gasteiger partial charge in [0.2, 0.25) is 0 Å². The molecule has 19 heavy (non-hydrogen) atoms. The molecule has 1 heterocycles. The largest absolute Gasteiger partial charge is 0.393 e. The standard InChI is InChI=1S/C15H27N3O/c1-4-13-12(10-18(3)17-13)9-16-11-15(2)8-6-5-7-14(15)19/h10,14,16,19H,4-9,11H2,1-3H3. The normalized spacial score (nSPS) is 27.7. The highest BCUT2D eigenvalue weighted by Gasteiger charge is 2.34. The number of rotatable bonds is 5. The van der Waals surface area contributed by atoms with E-state index in [0.29, 0.717) is 0 Å². The predicted octanol–water partition coefficient (Wildman–Crippen LogP) is 2.01. The van der Waals surface area contributed by atoms with Gasteiger partial charge in [-0.3, -0.25) is 4.68 Å². The van der Waals surface area contributed by atoms with Crippen LogP contribution in [0, 0.1) is 5.41 Å². The van der Waals surface area contributed by atoms with Crippen LogP contribution in [0.2, 0.25) is 0 Å². The van der Waals surface area contributed by atoms with Gasteiger partial charge >= 0.3 is 0 Å². The van der Waals surface area contributed by atoms with E-state index in [1.165, 1.54) is 24.1 Å². The van der Waals surface area contributed by atoms with E-state index in [1.807, 2.05) is 11.7 Å². The smallest absolute Gasteiger partial charge is 0.0666 e. The summed E-state index contributed by atoms with van der Waals surface area (Å²) in [6, 6.07) is 0. The Bertz CT molecular complexity index is 416. The average Bonchev–Trinajstić information content (AvgIpc) is 2.74. The summed E-state index contributed by atoms with van der Waals surface area (Å²) in [5.41, 5.74) is 2.48. The van der Waals surface area contributed by atoms with Crippen molar-refractivity contribution in [2.24, 2.45) is 12.5 Å². The maximum atomic E-state index is 10.2. The third-order valence-electron chi connectivity index (χ3n) is 4.45. The van der Waals surface area contributed by atoms with Gasteiger partial charge in [0, 0.05) is 37.3 Å². The van der Waals surface area contributed by atoms with Crippen molar-refractivity contribution in [1.82, 2.24) is 15.1 Å². The molecule has 1 saturated carbocycles. The first-order valence-electron chi connectivity index (χ1n) is 7.45. The van der Waals surface area contributed by atoms with Crippen molar-refractivity contribution in [3.63, 3.8) is 0 Å². The molecule has 1 aliphatic carbocycles. The van der Waals surface area contributed by atoms with E-state index in [-0.39, 0.29) is 11.5 Å². The monoisotopic (exact) mass is 265 g/mol. The molecule has 1 fully saturated rings. The van der Waals surface area contributed by atoms with Crippen LogP contribution in [0.3, 0.4) is 0 Å².